The Kier molecular flexibility index (Phi) is 6.30. The lowest BCUT2D eigenvalue weighted by Gasteiger charge is -2.10. The van der Waals surface area contributed by atoms with E-state index >= 15 is 0 Å². The van der Waals surface area contributed by atoms with Crippen molar-refractivity contribution in [3.63, 3.8) is 0 Å². The second-order valence-corrected chi connectivity index (χ2v) is 4.83. The fourth-order valence-electron chi connectivity index (χ4n) is 1.33. The maximum absolute atomic E-state index is 6.06. The molecule has 1 N–H and O–H groups in total. The first kappa shape index (κ1) is 14.3. The molecule has 0 radical (unpaired) electrons. The standard InChI is InChI=1S/C13H21ClN2O/c1-4-15-8-11-7-13(16-9-12(11)14)17-6-5-10(2)3/h7,9-10,15H,4-6,8H2,1-3H3. The molecule has 1 heterocycles. The smallest absolute Gasteiger partial charge is 0.213 e. The molecule has 0 aliphatic rings. The lowest BCUT2D eigenvalue weighted by molar-refractivity contribution is 0.279. The number of halogens is 1. The van der Waals surface area contributed by atoms with Crippen molar-refractivity contribution in [3.8, 4) is 5.88 Å². The molecule has 1 aromatic rings. The van der Waals surface area contributed by atoms with E-state index < -0.39 is 0 Å². The van der Waals surface area contributed by atoms with Crippen molar-refractivity contribution in [1.82, 2.24) is 10.3 Å². The highest BCUT2D eigenvalue weighted by Crippen LogP contribution is 2.19. The molecule has 0 saturated carbocycles. The van der Waals surface area contributed by atoms with Crippen LogP contribution in [0.2, 0.25) is 5.02 Å². The Balaban J connectivity index is 2.55. The number of aromatic nitrogens is 1. The van der Waals surface area contributed by atoms with Gasteiger partial charge in [0.15, 0.2) is 0 Å². The summed E-state index contributed by atoms with van der Waals surface area (Å²) < 4.78 is 5.59. The molecule has 0 bridgehead atoms. The summed E-state index contributed by atoms with van der Waals surface area (Å²) in [6, 6.07) is 1.91. The van der Waals surface area contributed by atoms with Gasteiger partial charge in [-0.1, -0.05) is 32.4 Å². The minimum atomic E-state index is 0.642. The van der Waals surface area contributed by atoms with Crippen LogP contribution < -0.4 is 10.1 Å². The Labute approximate surface area is 109 Å². The molecule has 17 heavy (non-hydrogen) atoms. The lowest BCUT2D eigenvalue weighted by atomic mass is 10.1. The van der Waals surface area contributed by atoms with Crippen molar-refractivity contribution < 1.29 is 4.74 Å². The second kappa shape index (κ2) is 7.51. The van der Waals surface area contributed by atoms with E-state index in [2.05, 4.69) is 31.1 Å². The maximum atomic E-state index is 6.06. The van der Waals surface area contributed by atoms with E-state index in [-0.39, 0.29) is 0 Å². The average molecular weight is 257 g/mol. The van der Waals surface area contributed by atoms with Crippen LogP contribution in [-0.4, -0.2) is 18.1 Å². The molecule has 1 aromatic heterocycles. The zero-order valence-electron chi connectivity index (χ0n) is 10.8. The minimum absolute atomic E-state index is 0.642. The maximum Gasteiger partial charge on any atom is 0.213 e. The Hall–Kier alpha value is -0.800. The van der Waals surface area contributed by atoms with Crippen molar-refractivity contribution in [1.29, 1.82) is 0 Å². The highest BCUT2D eigenvalue weighted by Gasteiger charge is 2.04. The van der Waals surface area contributed by atoms with Gasteiger partial charge in [-0.25, -0.2) is 4.98 Å². The van der Waals surface area contributed by atoms with Gasteiger partial charge in [0.05, 0.1) is 11.6 Å². The summed E-state index contributed by atoms with van der Waals surface area (Å²) in [5, 5.41) is 3.92. The molecule has 1 rings (SSSR count). The average Bonchev–Trinajstić information content (AvgIpc) is 2.29. The Morgan fingerprint density at radius 2 is 2.24 bits per heavy atom. The van der Waals surface area contributed by atoms with Crippen LogP contribution in [0.4, 0.5) is 0 Å². The number of pyridine rings is 1. The molecule has 3 nitrogen and oxygen atoms in total. The second-order valence-electron chi connectivity index (χ2n) is 4.43. The van der Waals surface area contributed by atoms with E-state index in [0.717, 1.165) is 25.1 Å². The van der Waals surface area contributed by atoms with Crippen LogP contribution in [0.1, 0.15) is 32.8 Å². The largest absolute Gasteiger partial charge is 0.478 e. The highest BCUT2D eigenvalue weighted by atomic mass is 35.5. The number of nitrogens with one attached hydrogen (secondary N) is 1. The Bertz CT molecular complexity index is 342. The van der Waals surface area contributed by atoms with Gasteiger partial charge in [0.1, 0.15) is 0 Å². The zero-order chi connectivity index (χ0) is 12.7. The molecule has 0 saturated heterocycles. The Morgan fingerprint density at radius 1 is 1.47 bits per heavy atom. The first-order chi connectivity index (χ1) is 8.13. The van der Waals surface area contributed by atoms with Crippen LogP contribution in [0.5, 0.6) is 5.88 Å². The summed E-state index contributed by atoms with van der Waals surface area (Å²) in [6.45, 7) is 8.78. The van der Waals surface area contributed by atoms with Crippen molar-refractivity contribution in [2.24, 2.45) is 5.92 Å². The van der Waals surface area contributed by atoms with Gasteiger partial charge in [-0.2, -0.15) is 0 Å². The van der Waals surface area contributed by atoms with E-state index in [1.807, 2.05) is 6.07 Å². The van der Waals surface area contributed by atoms with Gasteiger partial charge in [-0.15, -0.1) is 0 Å². The Morgan fingerprint density at radius 3 is 2.88 bits per heavy atom. The molecule has 96 valence electrons. The monoisotopic (exact) mass is 256 g/mol. The number of nitrogens with zero attached hydrogens (tertiary/aromatic N) is 1. The molecule has 0 atom stereocenters. The molecule has 0 aliphatic carbocycles. The number of rotatable bonds is 7. The third-order valence-electron chi connectivity index (χ3n) is 2.42. The molecular formula is C13H21ClN2O. The summed E-state index contributed by atoms with van der Waals surface area (Å²) in [6.07, 6.45) is 2.69. The van der Waals surface area contributed by atoms with Gasteiger partial charge < -0.3 is 10.1 Å². The zero-order valence-corrected chi connectivity index (χ0v) is 11.5. The first-order valence-corrected chi connectivity index (χ1v) is 6.49. The molecule has 0 spiro atoms. The summed E-state index contributed by atoms with van der Waals surface area (Å²) in [7, 11) is 0. The molecule has 4 heteroatoms. The third-order valence-corrected chi connectivity index (χ3v) is 2.76. The van der Waals surface area contributed by atoms with Crippen molar-refractivity contribution in [2.45, 2.75) is 33.7 Å². The quantitative estimate of drug-likeness (QED) is 0.813. The van der Waals surface area contributed by atoms with Crippen molar-refractivity contribution in [2.75, 3.05) is 13.2 Å². The molecule has 0 amide bonds. The van der Waals surface area contributed by atoms with Crippen LogP contribution in [0.3, 0.4) is 0 Å². The van der Waals surface area contributed by atoms with E-state index in [0.29, 0.717) is 23.4 Å². The van der Waals surface area contributed by atoms with E-state index in [9.17, 15) is 0 Å². The van der Waals surface area contributed by atoms with E-state index in [4.69, 9.17) is 16.3 Å². The fourth-order valence-corrected chi connectivity index (χ4v) is 1.50. The van der Waals surface area contributed by atoms with Crippen molar-refractivity contribution >= 4 is 11.6 Å². The van der Waals surface area contributed by atoms with Gasteiger partial charge >= 0.3 is 0 Å². The number of ether oxygens (including phenoxy) is 1. The summed E-state index contributed by atoms with van der Waals surface area (Å²) >= 11 is 6.06. The van der Waals surface area contributed by atoms with Gasteiger partial charge in [0.2, 0.25) is 5.88 Å². The minimum Gasteiger partial charge on any atom is -0.478 e. The van der Waals surface area contributed by atoms with E-state index in [1.165, 1.54) is 0 Å². The van der Waals surface area contributed by atoms with Gasteiger partial charge in [0.25, 0.3) is 0 Å². The SMILES string of the molecule is CCNCc1cc(OCCC(C)C)ncc1Cl. The topological polar surface area (TPSA) is 34.1 Å². The van der Waals surface area contributed by atoms with Gasteiger partial charge in [-0.05, 0) is 24.4 Å². The normalized spacial score (nSPS) is 10.9. The van der Waals surface area contributed by atoms with Crippen LogP contribution >= 0.6 is 11.6 Å². The summed E-state index contributed by atoms with van der Waals surface area (Å²) in [5.74, 6) is 1.30. The summed E-state index contributed by atoms with van der Waals surface area (Å²) in [5.41, 5.74) is 1.03. The third kappa shape index (κ3) is 5.37. The number of hydrogen-bond acceptors (Lipinski definition) is 3. The van der Waals surface area contributed by atoms with Gasteiger partial charge in [-0.3, -0.25) is 0 Å². The van der Waals surface area contributed by atoms with Gasteiger partial charge in [0, 0.05) is 18.8 Å². The van der Waals surface area contributed by atoms with Crippen LogP contribution in [0.25, 0.3) is 0 Å². The van der Waals surface area contributed by atoms with Crippen LogP contribution in [0, 0.1) is 5.92 Å². The van der Waals surface area contributed by atoms with Crippen molar-refractivity contribution in [3.05, 3.63) is 22.8 Å². The van der Waals surface area contributed by atoms with E-state index in [1.54, 1.807) is 6.20 Å². The first-order valence-electron chi connectivity index (χ1n) is 6.11. The molecule has 0 unspecified atom stereocenters. The van der Waals surface area contributed by atoms with Crippen LogP contribution in [-0.2, 0) is 6.54 Å². The van der Waals surface area contributed by atoms with Crippen LogP contribution in [0.15, 0.2) is 12.3 Å². The lowest BCUT2D eigenvalue weighted by Crippen LogP contribution is -2.12. The summed E-state index contributed by atoms with van der Waals surface area (Å²) in [4.78, 5) is 4.16. The fraction of sp³-hybridized carbons (Fsp3) is 0.615. The molecule has 0 fully saturated rings. The predicted molar refractivity (Wildman–Crippen MR) is 71.6 cm³/mol. The number of hydrogen-bond donors (Lipinski definition) is 1. The molecule has 0 aromatic carbocycles. The predicted octanol–water partition coefficient (Wildman–Crippen LogP) is 3.27. The molecular weight excluding hydrogens is 236 g/mol. The highest BCUT2D eigenvalue weighted by molar-refractivity contribution is 6.31. The molecule has 0 aliphatic heterocycles.